The van der Waals surface area contributed by atoms with E-state index in [0.29, 0.717) is 49.9 Å². The van der Waals surface area contributed by atoms with Gasteiger partial charge < -0.3 is 25.2 Å². The van der Waals surface area contributed by atoms with Crippen molar-refractivity contribution in [3.63, 3.8) is 0 Å². The van der Waals surface area contributed by atoms with Gasteiger partial charge in [0.05, 0.1) is 11.7 Å². The lowest BCUT2D eigenvalue weighted by Crippen LogP contribution is -2.75. The zero-order valence-electron chi connectivity index (χ0n) is 25.3. The molecule has 3 fully saturated rings. The summed E-state index contributed by atoms with van der Waals surface area (Å²) in [5, 5.41) is 23.3. The molecule has 0 unspecified atom stereocenters. The van der Waals surface area contributed by atoms with Gasteiger partial charge in [-0.2, -0.15) is 0 Å². The largest absolute Gasteiger partial charge is 0.478 e. The predicted octanol–water partition coefficient (Wildman–Crippen LogP) is 4.83. The molecule has 3 N–H and O–H groups in total. The van der Waals surface area contributed by atoms with Crippen molar-refractivity contribution >= 4 is 17.8 Å². The summed E-state index contributed by atoms with van der Waals surface area (Å²) >= 11 is 0. The third-order valence-electron chi connectivity index (χ3n) is 9.73. The summed E-state index contributed by atoms with van der Waals surface area (Å²) in [6, 6.07) is 13.2. The molecule has 1 spiro atoms. The Kier molecular flexibility index (Phi) is 9.72. The molecule has 1 aliphatic carbocycles. The molecular weight excluding hydrogens is 546 g/mol. The summed E-state index contributed by atoms with van der Waals surface area (Å²) in [6.07, 6.45) is 5.91. The Morgan fingerprint density at radius 2 is 1.60 bits per heavy atom. The van der Waals surface area contributed by atoms with Crippen LogP contribution >= 0.6 is 0 Å². The summed E-state index contributed by atoms with van der Waals surface area (Å²) in [7, 11) is 0. The standard InChI is InChI=1S/C34H45N3O6/c1-3-4-19-37-31(39)29(30(38)25-9-5-23(2)6-10-25)35-33(42)34(37)17-20-36(21-18-34)22-24-7-13-27(14-8-24)43-28-15-11-26(12-16-28)32(40)41/h7-8,11-16,23,25,29-30,38H,3-6,9-10,17-22H2,1-2H3,(H,35,42)(H,40,41)/t23?,25?,29-,30-/m1/s1. The van der Waals surface area contributed by atoms with Crippen LogP contribution in [-0.4, -0.2) is 75.1 Å². The highest BCUT2D eigenvalue weighted by Crippen LogP contribution is 2.37. The van der Waals surface area contributed by atoms with Gasteiger partial charge in [0.2, 0.25) is 11.8 Å². The van der Waals surface area contributed by atoms with Crippen molar-refractivity contribution in [2.75, 3.05) is 19.6 Å². The number of aliphatic hydroxyl groups is 1. The second kappa shape index (κ2) is 13.5. The smallest absolute Gasteiger partial charge is 0.335 e. The van der Waals surface area contributed by atoms with Gasteiger partial charge in [-0.3, -0.25) is 14.5 Å². The van der Waals surface area contributed by atoms with Crippen LogP contribution in [0.1, 0.15) is 81.1 Å². The Bertz CT molecular complexity index is 1260. The molecule has 2 aliphatic heterocycles. The minimum Gasteiger partial charge on any atom is -0.478 e. The van der Waals surface area contributed by atoms with Gasteiger partial charge in [-0.1, -0.05) is 45.2 Å². The van der Waals surface area contributed by atoms with Gasteiger partial charge in [0.15, 0.2) is 0 Å². The molecule has 2 atom stereocenters. The van der Waals surface area contributed by atoms with Gasteiger partial charge in [0.1, 0.15) is 23.1 Å². The Morgan fingerprint density at radius 3 is 2.19 bits per heavy atom. The van der Waals surface area contributed by atoms with Crippen LogP contribution in [0, 0.1) is 11.8 Å². The topological polar surface area (TPSA) is 119 Å². The summed E-state index contributed by atoms with van der Waals surface area (Å²) in [5.41, 5.74) is 0.455. The molecule has 9 nitrogen and oxygen atoms in total. The molecule has 2 amide bonds. The number of aliphatic hydroxyl groups excluding tert-OH is 1. The number of likely N-dealkylation sites (tertiary alicyclic amines) is 1. The van der Waals surface area contributed by atoms with E-state index >= 15 is 0 Å². The first-order valence-corrected chi connectivity index (χ1v) is 15.8. The van der Waals surface area contributed by atoms with E-state index in [1.54, 1.807) is 12.1 Å². The quantitative estimate of drug-likeness (QED) is 0.362. The van der Waals surface area contributed by atoms with Crippen LogP contribution in [0.3, 0.4) is 0 Å². The van der Waals surface area contributed by atoms with Crippen LogP contribution in [0.4, 0.5) is 0 Å². The monoisotopic (exact) mass is 591 g/mol. The molecule has 9 heteroatoms. The molecule has 0 aromatic heterocycles. The van der Waals surface area contributed by atoms with Gasteiger partial charge in [-0.15, -0.1) is 0 Å². The highest BCUT2D eigenvalue weighted by molar-refractivity contribution is 6.00. The average molecular weight is 592 g/mol. The third-order valence-corrected chi connectivity index (χ3v) is 9.73. The fourth-order valence-corrected chi connectivity index (χ4v) is 6.91. The van der Waals surface area contributed by atoms with Crippen LogP contribution in [0.2, 0.25) is 0 Å². The van der Waals surface area contributed by atoms with Gasteiger partial charge in [-0.25, -0.2) is 4.79 Å². The minimum atomic E-state index is -0.976. The van der Waals surface area contributed by atoms with E-state index in [0.717, 1.165) is 50.6 Å². The van der Waals surface area contributed by atoms with Crippen molar-refractivity contribution in [1.29, 1.82) is 0 Å². The molecule has 2 heterocycles. The first-order valence-electron chi connectivity index (χ1n) is 15.8. The van der Waals surface area contributed by atoms with Gasteiger partial charge in [-0.05, 0) is 85.9 Å². The van der Waals surface area contributed by atoms with Crippen LogP contribution in [0.5, 0.6) is 11.5 Å². The number of aromatic carboxylic acids is 1. The number of carbonyl (C=O) groups is 3. The Morgan fingerprint density at radius 1 is 1.00 bits per heavy atom. The van der Waals surface area contributed by atoms with Crippen molar-refractivity contribution in [2.24, 2.45) is 11.8 Å². The first kappa shape index (κ1) is 31.0. The second-order valence-corrected chi connectivity index (χ2v) is 12.7. The lowest BCUT2D eigenvalue weighted by molar-refractivity contribution is -0.166. The van der Waals surface area contributed by atoms with Crippen molar-refractivity contribution in [3.05, 3.63) is 59.7 Å². The molecule has 5 rings (SSSR count). The van der Waals surface area contributed by atoms with Gasteiger partial charge in [0.25, 0.3) is 0 Å². The number of hydrogen-bond acceptors (Lipinski definition) is 6. The van der Waals surface area contributed by atoms with Gasteiger partial charge >= 0.3 is 5.97 Å². The molecule has 2 aromatic rings. The fourth-order valence-electron chi connectivity index (χ4n) is 6.91. The number of hydrogen-bond donors (Lipinski definition) is 3. The van der Waals surface area contributed by atoms with E-state index < -0.39 is 23.7 Å². The highest BCUT2D eigenvalue weighted by Gasteiger charge is 2.55. The maximum absolute atomic E-state index is 13.9. The maximum atomic E-state index is 13.9. The van der Waals surface area contributed by atoms with Crippen molar-refractivity contribution in [1.82, 2.24) is 15.1 Å². The van der Waals surface area contributed by atoms with Crippen LogP contribution in [-0.2, 0) is 16.1 Å². The number of carbonyl (C=O) groups excluding carboxylic acids is 2. The summed E-state index contributed by atoms with van der Waals surface area (Å²) < 4.78 is 5.86. The predicted molar refractivity (Wildman–Crippen MR) is 163 cm³/mol. The zero-order chi connectivity index (χ0) is 30.6. The second-order valence-electron chi connectivity index (χ2n) is 12.7. The molecule has 2 aromatic carbocycles. The molecule has 0 radical (unpaired) electrons. The number of nitrogens with zero attached hydrogens (tertiary/aromatic N) is 2. The number of piperidine rings is 1. The number of carboxylic acids is 1. The van der Waals surface area contributed by atoms with Crippen LogP contribution in [0.25, 0.3) is 0 Å². The van der Waals surface area contributed by atoms with E-state index in [-0.39, 0.29) is 23.3 Å². The lowest BCUT2D eigenvalue weighted by Gasteiger charge is -2.52. The molecule has 2 saturated heterocycles. The molecule has 1 saturated carbocycles. The number of unbranched alkanes of at least 4 members (excludes halogenated alkanes) is 1. The van der Waals surface area contributed by atoms with E-state index in [1.165, 1.54) is 12.1 Å². The number of carboxylic acid groups (broad SMARTS) is 1. The zero-order valence-corrected chi connectivity index (χ0v) is 25.3. The minimum absolute atomic E-state index is 0.0450. The Labute approximate surface area is 254 Å². The number of piperazine rings is 1. The maximum Gasteiger partial charge on any atom is 0.335 e. The number of nitrogens with one attached hydrogen (secondary N) is 1. The average Bonchev–Trinajstić information content (AvgIpc) is 3.01. The number of rotatable bonds is 10. The number of benzene rings is 2. The van der Waals surface area contributed by atoms with Crippen LogP contribution in [0.15, 0.2) is 48.5 Å². The molecule has 232 valence electrons. The van der Waals surface area contributed by atoms with E-state index in [2.05, 4.69) is 24.1 Å². The molecule has 0 bridgehead atoms. The van der Waals surface area contributed by atoms with E-state index in [1.807, 2.05) is 29.2 Å². The fraction of sp³-hybridized carbons (Fsp3) is 0.559. The van der Waals surface area contributed by atoms with Crippen molar-refractivity contribution in [3.8, 4) is 11.5 Å². The van der Waals surface area contributed by atoms with Crippen molar-refractivity contribution < 1.29 is 29.3 Å². The first-order chi connectivity index (χ1) is 20.7. The summed E-state index contributed by atoms with van der Waals surface area (Å²) in [4.78, 5) is 42.8. The number of ether oxygens (including phenoxy) is 1. The highest BCUT2D eigenvalue weighted by atomic mass is 16.5. The normalized spacial score (nSPS) is 24.9. The van der Waals surface area contributed by atoms with Crippen molar-refractivity contribution in [2.45, 2.75) is 89.4 Å². The molecule has 43 heavy (non-hydrogen) atoms. The number of amides is 2. The Hall–Kier alpha value is -3.43. The Balaban J connectivity index is 1.20. The van der Waals surface area contributed by atoms with E-state index in [9.17, 15) is 19.5 Å². The molecular formula is C34H45N3O6. The van der Waals surface area contributed by atoms with E-state index in [4.69, 9.17) is 9.84 Å². The summed E-state index contributed by atoms with van der Waals surface area (Å²) in [5.74, 6) is 0.698. The lowest BCUT2D eigenvalue weighted by atomic mass is 9.76. The van der Waals surface area contributed by atoms with Crippen LogP contribution < -0.4 is 10.1 Å². The summed E-state index contributed by atoms with van der Waals surface area (Å²) in [6.45, 7) is 6.94. The molecule has 3 aliphatic rings. The third kappa shape index (κ3) is 6.88. The van der Waals surface area contributed by atoms with Gasteiger partial charge in [0, 0.05) is 26.2 Å². The SMILES string of the molecule is CCCCN1C(=O)[C@@H]([C@H](O)C2CCC(C)CC2)NC(=O)C12CCN(Cc1ccc(Oc3ccc(C(=O)O)cc3)cc1)CC2.